The zero-order chi connectivity index (χ0) is 20.1. The van der Waals surface area contributed by atoms with E-state index in [4.69, 9.17) is 32.4 Å². The van der Waals surface area contributed by atoms with Crippen molar-refractivity contribution in [1.29, 1.82) is 0 Å². The predicted molar refractivity (Wildman–Crippen MR) is 106 cm³/mol. The molecule has 0 aliphatic carbocycles. The maximum absolute atomic E-state index is 12.2. The van der Waals surface area contributed by atoms with Gasteiger partial charge < -0.3 is 9.15 Å². The Hall–Kier alpha value is -3.09. The molecule has 2 aromatic carbocycles. The minimum absolute atomic E-state index is 0.0109. The van der Waals surface area contributed by atoms with E-state index in [0.717, 1.165) is 0 Å². The highest BCUT2D eigenvalue weighted by Crippen LogP contribution is 2.22. The third-order valence-electron chi connectivity index (χ3n) is 3.71. The Morgan fingerprint density at radius 3 is 2.54 bits per heavy atom. The number of rotatable bonds is 7. The van der Waals surface area contributed by atoms with Gasteiger partial charge in [0.05, 0.1) is 9.95 Å². The second kappa shape index (κ2) is 8.73. The molecule has 6 nitrogen and oxygen atoms in total. The molecule has 3 rings (SSSR count). The highest BCUT2D eigenvalue weighted by atomic mass is 35.5. The second-order valence-electron chi connectivity index (χ2n) is 5.67. The van der Waals surface area contributed by atoms with Crippen molar-refractivity contribution in [3.8, 4) is 5.75 Å². The lowest BCUT2D eigenvalue weighted by Gasteiger charge is -2.03. The van der Waals surface area contributed by atoms with Gasteiger partial charge in [-0.15, -0.1) is 0 Å². The van der Waals surface area contributed by atoms with Crippen LogP contribution in [-0.4, -0.2) is 10.7 Å². The highest BCUT2D eigenvalue weighted by molar-refractivity contribution is 6.37. The van der Waals surface area contributed by atoms with Crippen molar-refractivity contribution in [3.05, 3.63) is 97.9 Å². The van der Waals surface area contributed by atoms with Crippen LogP contribution in [0.4, 0.5) is 5.69 Å². The molecule has 0 saturated heterocycles. The Morgan fingerprint density at radius 1 is 1.11 bits per heavy atom. The molecule has 0 atom stereocenters. The number of ketones is 1. The van der Waals surface area contributed by atoms with Crippen molar-refractivity contribution >= 4 is 40.7 Å². The van der Waals surface area contributed by atoms with Crippen LogP contribution in [0.5, 0.6) is 5.75 Å². The lowest BCUT2D eigenvalue weighted by Crippen LogP contribution is -1.95. The number of hydrogen-bond acceptors (Lipinski definition) is 5. The first-order chi connectivity index (χ1) is 13.4. The number of nitro benzene ring substituents is 1. The van der Waals surface area contributed by atoms with Gasteiger partial charge in [-0.2, -0.15) is 0 Å². The Bertz CT molecular complexity index is 1040. The number of furan rings is 1. The van der Waals surface area contributed by atoms with Gasteiger partial charge in [-0.25, -0.2) is 0 Å². The number of nitro groups is 1. The normalized spacial score (nSPS) is 10.9. The van der Waals surface area contributed by atoms with Gasteiger partial charge in [0.15, 0.2) is 5.78 Å². The first-order valence-corrected chi connectivity index (χ1v) is 8.81. The summed E-state index contributed by atoms with van der Waals surface area (Å²) in [4.78, 5) is 22.4. The van der Waals surface area contributed by atoms with Crippen LogP contribution in [0, 0.1) is 10.1 Å². The van der Waals surface area contributed by atoms with Crippen LogP contribution in [-0.2, 0) is 6.61 Å². The fourth-order valence-electron chi connectivity index (χ4n) is 2.32. The summed E-state index contributed by atoms with van der Waals surface area (Å²) in [5, 5.41) is 11.4. The van der Waals surface area contributed by atoms with Gasteiger partial charge in [0.2, 0.25) is 0 Å². The lowest BCUT2D eigenvalue weighted by molar-refractivity contribution is -0.384. The van der Waals surface area contributed by atoms with Crippen LogP contribution in [0.2, 0.25) is 10.0 Å². The minimum atomic E-state index is -0.479. The smallest absolute Gasteiger partial charge is 0.269 e. The summed E-state index contributed by atoms with van der Waals surface area (Å²) in [7, 11) is 0. The van der Waals surface area contributed by atoms with Crippen LogP contribution in [0.3, 0.4) is 0 Å². The number of benzene rings is 2. The van der Waals surface area contributed by atoms with Crippen molar-refractivity contribution in [3.63, 3.8) is 0 Å². The van der Waals surface area contributed by atoms with Gasteiger partial charge in [-0.05, 0) is 54.6 Å². The average molecular weight is 418 g/mol. The molecule has 3 aromatic rings. The van der Waals surface area contributed by atoms with E-state index >= 15 is 0 Å². The molecule has 0 N–H and O–H groups in total. The Labute approximate surface area is 170 Å². The number of ether oxygens (including phenoxy) is 1. The van der Waals surface area contributed by atoms with E-state index in [1.165, 1.54) is 42.5 Å². The first kappa shape index (κ1) is 19.7. The molecule has 0 bridgehead atoms. The Balaban J connectivity index is 1.59. The van der Waals surface area contributed by atoms with Crippen LogP contribution >= 0.6 is 23.2 Å². The summed E-state index contributed by atoms with van der Waals surface area (Å²) in [6.45, 7) is 0.141. The maximum Gasteiger partial charge on any atom is 0.269 e. The number of hydrogen-bond donors (Lipinski definition) is 0. The van der Waals surface area contributed by atoms with Crippen LogP contribution in [0.1, 0.15) is 21.9 Å². The number of non-ortho nitro benzene ring substituents is 1. The molecule has 0 fully saturated rings. The van der Waals surface area contributed by atoms with E-state index in [1.807, 2.05) is 0 Å². The van der Waals surface area contributed by atoms with Gasteiger partial charge in [-0.1, -0.05) is 23.2 Å². The second-order valence-corrected chi connectivity index (χ2v) is 6.51. The molecule has 1 heterocycles. The maximum atomic E-state index is 12.2. The highest BCUT2D eigenvalue weighted by Gasteiger charge is 2.09. The van der Waals surface area contributed by atoms with E-state index < -0.39 is 4.92 Å². The molecule has 0 saturated carbocycles. The number of allylic oxidation sites excluding steroid dienone is 1. The van der Waals surface area contributed by atoms with Crippen molar-refractivity contribution < 1.29 is 18.9 Å². The van der Waals surface area contributed by atoms with Gasteiger partial charge in [-0.3, -0.25) is 14.9 Å². The van der Waals surface area contributed by atoms with Gasteiger partial charge in [0.1, 0.15) is 23.9 Å². The monoisotopic (exact) mass is 417 g/mol. The van der Waals surface area contributed by atoms with Gasteiger partial charge in [0, 0.05) is 22.7 Å². The quantitative estimate of drug-likeness (QED) is 0.204. The summed E-state index contributed by atoms with van der Waals surface area (Å²) in [6.07, 6.45) is 2.89. The third kappa shape index (κ3) is 5.00. The number of carbonyl (C=O) groups excluding carboxylic acids is 1. The fraction of sp³-hybridized carbons (Fsp3) is 0.0500. The van der Waals surface area contributed by atoms with Gasteiger partial charge >= 0.3 is 0 Å². The number of nitrogens with zero attached hydrogens (tertiary/aromatic N) is 1. The van der Waals surface area contributed by atoms with Gasteiger partial charge in [0.25, 0.3) is 5.69 Å². The van der Waals surface area contributed by atoms with E-state index in [9.17, 15) is 14.9 Å². The molecule has 1 aromatic heterocycles. The van der Waals surface area contributed by atoms with Crippen molar-refractivity contribution in [2.75, 3.05) is 0 Å². The van der Waals surface area contributed by atoms with E-state index in [1.54, 1.807) is 24.3 Å². The molecule has 0 amide bonds. The third-order valence-corrected chi connectivity index (χ3v) is 4.25. The summed E-state index contributed by atoms with van der Waals surface area (Å²) >= 11 is 11.8. The van der Waals surface area contributed by atoms with Crippen LogP contribution in [0.15, 0.2) is 65.1 Å². The number of halogens is 2. The standard InChI is InChI=1S/C20H13Cl2NO5/c21-13-1-9-18(19(22)11-13)20(24)10-8-16-6-7-17(28-16)12-27-15-4-2-14(3-5-15)23(25)26/h1-11H,12H2/b10-8+. The van der Waals surface area contributed by atoms with E-state index in [2.05, 4.69) is 0 Å². The molecule has 28 heavy (non-hydrogen) atoms. The molecule has 8 heteroatoms. The van der Waals surface area contributed by atoms with Crippen LogP contribution < -0.4 is 4.74 Å². The average Bonchev–Trinajstić information content (AvgIpc) is 3.12. The summed E-state index contributed by atoms with van der Waals surface area (Å²) < 4.78 is 11.1. The molecule has 0 radical (unpaired) electrons. The topological polar surface area (TPSA) is 82.6 Å². The van der Waals surface area contributed by atoms with E-state index in [-0.39, 0.29) is 23.1 Å². The summed E-state index contributed by atoms with van der Waals surface area (Å²) in [6, 6.07) is 13.8. The molecule has 0 aliphatic rings. The lowest BCUT2D eigenvalue weighted by atomic mass is 10.1. The van der Waals surface area contributed by atoms with Crippen LogP contribution in [0.25, 0.3) is 6.08 Å². The van der Waals surface area contributed by atoms with Crippen molar-refractivity contribution in [2.45, 2.75) is 6.61 Å². The Morgan fingerprint density at radius 2 is 1.86 bits per heavy atom. The summed E-state index contributed by atoms with van der Waals surface area (Å²) in [5.74, 6) is 1.21. The molecule has 0 spiro atoms. The summed E-state index contributed by atoms with van der Waals surface area (Å²) in [5.41, 5.74) is 0.332. The molecule has 0 aliphatic heterocycles. The number of carbonyl (C=O) groups is 1. The molecular weight excluding hydrogens is 405 g/mol. The zero-order valence-corrected chi connectivity index (χ0v) is 15.8. The fourth-order valence-corrected chi connectivity index (χ4v) is 2.82. The van der Waals surface area contributed by atoms with Crippen molar-refractivity contribution in [1.82, 2.24) is 0 Å². The minimum Gasteiger partial charge on any atom is -0.486 e. The first-order valence-electron chi connectivity index (χ1n) is 8.06. The predicted octanol–water partition coefficient (Wildman–Crippen LogP) is 5.97. The van der Waals surface area contributed by atoms with Crippen molar-refractivity contribution in [2.24, 2.45) is 0 Å². The SMILES string of the molecule is O=C(/C=C/c1ccc(COc2ccc([N+](=O)[O-])cc2)o1)c1ccc(Cl)cc1Cl. The molecule has 142 valence electrons. The van der Waals surface area contributed by atoms with E-state index in [0.29, 0.717) is 27.9 Å². The largest absolute Gasteiger partial charge is 0.486 e. The molecule has 0 unspecified atom stereocenters. The molecular formula is C20H13Cl2NO5. The Kier molecular flexibility index (Phi) is 6.13. The zero-order valence-electron chi connectivity index (χ0n) is 14.3.